The van der Waals surface area contributed by atoms with Crippen LogP contribution in [0.2, 0.25) is 0 Å². The van der Waals surface area contributed by atoms with Crippen LogP contribution in [0, 0.1) is 0 Å². The Morgan fingerprint density at radius 1 is 1.22 bits per heavy atom. The highest BCUT2D eigenvalue weighted by atomic mass is 16.3. The van der Waals surface area contributed by atoms with Gasteiger partial charge in [0.2, 0.25) is 0 Å². The predicted molar refractivity (Wildman–Crippen MR) is 72.7 cm³/mol. The van der Waals surface area contributed by atoms with Crippen LogP contribution in [0.3, 0.4) is 0 Å². The smallest absolute Gasteiger partial charge is 0.151 e. The fourth-order valence-electron chi connectivity index (χ4n) is 2.56. The molecule has 1 aromatic rings. The van der Waals surface area contributed by atoms with Gasteiger partial charge in [-0.15, -0.1) is 5.10 Å². The van der Waals surface area contributed by atoms with Gasteiger partial charge >= 0.3 is 0 Å². The van der Waals surface area contributed by atoms with Gasteiger partial charge in [0.15, 0.2) is 5.82 Å². The van der Waals surface area contributed by atoms with Crippen molar-refractivity contribution in [3.63, 3.8) is 0 Å². The molecule has 4 heteroatoms. The van der Waals surface area contributed by atoms with Gasteiger partial charge in [0.1, 0.15) is 0 Å². The van der Waals surface area contributed by atoms with Crippen molar-refractivity contribution in [2.45, 2.75) is 57.6 Å². The van der Waals surface area contributed by atoms with Crippen LogP contribution < -0.4 is 4.90 Å². The molecule has 1 saturated carbocycles. The molecule has 2 rings (SSSR count). The first kappa shape index (κ1) is 13.3. The number of hydrogen-bond acceptors (Lipinski definition) is 4. The third-order valence-corrected chi connectivity index (χ3v) is 3.79. The van der Waals surface area contributed by atoms with Crippen LogP contribution in [0.15, 0.2) is 12.1 Å². The molecule has 1 heterocycles. The fraction of sp³-hybridized carbons (Fsp3) is 0.714. The first-order valence-electron chi connectivity index (χ1n) is 6.94. The highest BCUT2D eigenvalue weighted by molar-refractivity contribution is 5.37. The third kappa shape index (κ3) is 3.19. The lowest BCUT2D eigenvalue weighted by atomic mass is 9.92. The highest BCUT2D eigenvalue weighted by Crippen LogP contribution is 2.25. The maximum atomic E-state index is 9.53. The van der Waals surface area contributed by atoms with Gasteiger partial charge in [0.25, 0.3) is 0 Å². The average molecular weight is 249 g/mol. The Morgan fingerprint density at radius 3 is 2.50 bits per heavy atom. The van der Waals surface area contributed by atoms with Crippen molar-refractivity contribution in [1.29, 1.82) is 0 Å². The second kappa shape index (κ2) is 6.14. The zero-order valence-electron chi connectivity index (χ0n) is 11.3. The minimum Gasteiger partial charge on any atom is -0.393 e. The van der Waals surface area contributed by atoms with Crippen molar-refractivity contribution >= 4 is 5.82 Å². The predicted octanol–water partition coefficient (Wildman–Crippen LogP) is 2.17. The maximum absolute atomic E-state index is 9.53. The Morgan fingerprint density at radius 2 is 1.94 bits per heavy atom. The van der Waals surface area contributed by atoms with Gasteiger partial charge in [-0.2, -0.15) is 5.10 Å². The van der Waals surface area contributed by atoms with Crippen LogP contribution in [0.1, 0.15) is 44.7 Å². The second-order valence-corrected chi connectivity index (χ2v) is 5.21. The maximum Gasteiger partial charge on any atom is 0.151 e. The van der Waals surface area contributed by atoms with E-state index in [0.717, 1.165) is 50.0 Å². The lowest BCUT2D eigenvalue weighted by Crippen LogP contribution is -2.36. The van der Waals surface area contributed by atoms with Gasteiger partial charge in [-0.05, 0) is 44.2 Å². The summed E-state index contributed by atoms with van der Waals surface area (Å²) in [5.41, 5.74) is 1.06. The van der Waals surface area contributed by atoms with Crippen LogP contribution in [0.5, 0.6) is 0 Å². The van der Waals surface area contributed by atoms with Gasteiger partial charge < -0.3 is 10.0 Å². The number of rotatable bonds is 4. The van der Waals surface area contributed by atoms with Crippen molar-refractivity contribution in [3.05, 3.63) is 17.8 Å². The average Bonchev–Trinajstić information content (AvgIpc) is 2.40. The monoisotopic (exact) mass is 249 g/mol. The summed E-state index contributed by atoms with van der Waals surface area (Å²) in [6.07, 6.45) is 5.86. The highest BCUT2D eigenvalue weighted by Gasteiger charge is 2.23. The molecule has 4 nitrogen and oxygen atoms in total. The molecule has 0 aromatic carbocycles. The van der Waals surface area contributed by atoms with E-state index in [2.05, 4.69) is 41.2 Å². The summed E-state index contributed by atoms with van der Waals surface area (Å²) in [4.78, 5) is 2.20. The van der Waals surface area contributed by atoms with Gasteiger partial charge in [-0.25, -0.2) is 0 Å². The van der Waals surface area contributed by atoms with Gasteiger partial charge in [-0.1, -0.05) is 13.3 Å². The molecule has 0 unspecified atom stereocenters. The van der Waals surface area contributed by atoms with E-state index in [1.54, 1.807) is 0 Å². The largest absolute Gasteiger partial charge is 0.393 e. The molecule has 0 aliphatic heterocycles. The van der Waals surface area contributed by atoms with E-state index < -0.39 is 0 Å². The summed E-state index contributed by atoms with van der Waals surface area (Å²) in [5.74, 6) is 0.941. The number of hydrogen-bond donors (Lipinski definition) is 1. The van der Waals surface area contributed by atoms with Crippen molar-refractivity contribution in [2.75, 3.05) is 11.9 Å². The van der Waals surface area contributed by atoms with Crippen LogP contribution in [-0.4, -0.2) is 34.5 Å². The molecule has 100 valence electrons. The van der Waals surface area contributed by atoms with Crippen LogP contribution in [0.25, 0.3) is 0 Å². The van der Waals surface area contributed by atoms with Gasteiger partial charge in [0.05, 0.1) is 11.8 Å². The van der Waals surface area contributed by atoms with E-state index in [9.17, 15) is 5.11 Å². The quantitative estimate of drug-likeness (QED) is 0.888. The summed E-state index contributed by atoms with van der Waals surface area (Å²) in [6.45, 7) is 2.15. The van der Waals surface area contributed by atoms with Crippen LogP contribution >= 0.6 is 0 Å². The molecule has 18 heavy (non-hydrogen) atoms. The Bertz CT molecular complexity index is 358. The number of nitrogens with zero attached hydrogens (tertiary/aromatic N) is 3. The molecular weight excluding hydrogens is 226 g/mol. The molecule has 0 bridgehead atoms. The Balaban J connectivity index is 1.97. The first-order chi connectivity index (χ1) is 8.70. The zero-order chi connectivity index (χ0) is 13.0. The minimum atomic E-state index is -0.104. The molecule has 1 aromatic heterocycles. The van der Waals surface area contributed by atoms with E-state index >= 15 is 0 Å². The number of aryl methyl sites for hydroxylation is 1. The van der Waals surface area contributed by atoms with E-state index in [0.29, 0.717) is 6.04 Å². The zero-order valence-corrected chi connectivity index (χ0v) is 11.3. The molecule has 1 aliphatic carbocycles. The molecule has 0 spiro atoms. The SMILES string of the molecule is CCCc1ccc(N(C)C2CCC(O)CC2)nn1. The molecule has 1 aliphatic rings. The standard InChI is InChI=1S/C14H23N3O/c1-3-4-11-5-10-14(16-15-11)17(2)12-6-8-13(18)9-7-12/h5,10,12-13,18H,3-4,6-9H2,1-2H3. The lowest BCUT2D eigenvalue weighted by molar-refractivity contribution is 0.122. The lowest BCUT2D eigenvalue weighted by Gasteiger charge is -2.33. The van der Waals surface area contributed by atoms with Crippen molar-refractivity contribution < 1.29 is 5.11 Å². The summed E-state index contributed by atoms with van der Waals surface area (Å²) in [6, 6.07) is 4.61. The van der Waals surface area contributed by atoms with Crippen molar-refractivity contribution in [3.8, 4) is 0 Å². The third-order valence-electron chi connectivity index (χ3n) is 3.79. The summed E-state index contributed by atoms with van der Waals surface area (Å²) in [5, 5.41) is 18.1. The number of aromatic nitrogens is 2. The van der Waals surface area contributed by atoms with E-state index in [4.69, 9.17) is 0 Å². The van der Waals surface area contributed by atoms with Crippen LogP contribution in [0.4, 0.5) is 5.82 Å². The Labute approximate surface area is 109 Å². The van der Waals surface area contributed by atoms with Crippen molar-refractivity contribution in [2.24, 2.45) is 0 Å². The van der Waals surface area contributed by atoms with E-state index in [1.807, 2.05) is 0 Å². The number of aliphatic hydroxyl groups excluding tert-OH is 1. The number of aliphatic hydroxyl groups is 1. The second-order valence-electron chi connectivity index (χ2n) is 5.21. The van der Waals surface area contributed by atoms with Crippen LogP contribution in [-0.2, 0) is 6.42 Å². The molecule has 0 atom stereocenters. The van der Waals surface area contributed by atoms with Crippen molar-refractivity contribution in [1.82, 2.24) is 10.2 Å². The molecule has 0 saturated heterocycles. The first-order valence-corrected chi connectivity index (χ1v) is 6.94. The Hall–Kier alpha value is -1.16. The molecule has 1 fully saturated rings. The summed E-state index contributed by atoms with van der Waals surface area (Å²) >= 11 is 0. The summed E-state index contributed by atoms with van der Waals surface area (Å²) < 4.78 is 0. The molecule has 0 radical (unpaired) electrons. The normalized spacial score (nSPS) is 23.9. The topological polar surface area (TPSA) is 49.2 Å². The van der Waals surface area contributed by atoms with Gasteiger partial charge in [0, 0.05) is 13.1 Å². The minimum absolute atomic E-state index is 0.104. The van der Waals surface area contributed by atoms with E-state index in [1.165, 1.54) is 0 Å². The fourth-order valence-corrected chi connectivity index (χ4v) is 2.56. The van der Waals surface area contributed by atoms with Gasteiger partial charge in [-0.3, -0.25) is 0 Å². The molecule has 0 amide bonds. The Kier molecular flexibility index (Phi) is 4.53. The molecular formula is C14H23N3O. The molecule has 1 N–H and O–H groups in total. The van der Waals surface area contributed by atoms with E-state index in [-0.39, 0.29) is 6.10 Å². The summed E-state index contributed by atoms with van der Waals surface area (Å²) in [7, 11) is 2.08. The number of anilines is 1.